The summed E-state index contributed by atoms with van der Waals surface area (Å²) < 4.78 is 14.1. The molecule has 0 aliphatic heterocycles. The summed E-state index contributed by atoms with van der Waals surface area (Å²) in [6.45, 7) is 2.93. The zero-order valence-corrected chi connectivity index (χ0v) is 11.1. The van der Waals surface area contributed by atoms with Crippen molar-refractivity contribution in [1.82, 2.24) is 14.8 Å². The van der Waals surface area contributed by atoms with E-state index >= 15 is 0 Å². The van der Waals surface area contributed by atoms with Crippen molar-refractivity contribution in [3.05, 3.63) is 36.4 Å². The summed E-state index contributed by atoms with van der Waals surface area (Å²) in [5, 5.41) is 7.87. The Hall–Kier alpha value is -1.69. The molecule has 1 aromatic carbocycles. The van der Waals surface area contributed by atoms with Gasteiger partial charge in [-0.2, -0.15) is 0 Å². The molecule has 0 saturated carbocycles. The van der Waals surface area contributed by atoms with E-state index in [9.17, 15) is 4.21 Å². The fourth-order valence-corrected chi connectivity index (χ4v) is 2.70. The van der Waals surface area contributed by atoms with Gasteiger partial charge in [0.25, 0.3) is 0 Å². The van der Waals surface area contributed by atoms with E-state index in [-0.39, 0.29) is 0 Å². The van der Waals surface area contributed by atoms with E-state index < -0.39 is 10.8 Å². The van der Waals surface area contributed by atoms with Crippen LogP contribution in [-0.4, -0.2) is 19.0 Å². The van der Waals surface area contributed by atoms with Crippen molar-refractivity contribution in [2.75, 3.05) is 5.73 Å². The Morgan fingerprint density at radius 1 is 1.33 bits per heavy atom. The molecule has 2 aromatic rings. The van der Waals surface area contributed by atoms with E-state index in [1.54, 1.807) is 30.6 Å². The first kappa shape index (κ1) is 12.8. The third kappa shape index (κ3) is 2.95. The Labute approximate surface area is 108 Å². The highest BCUT2D eigenvalue weighted by Gasteiger charge is 2.10. The predicted octanol–water partition coefficient (Wildman–Crippen LogP) is 1.58. The summed E-state index contributed by atoms with van der Waals surface area (Å²) >= 11 is 0. The topological polar surface area (TPSA) is 73.8 Å². The van der Waals surface area contributed by atoms with Crippen molar-refractivity contribution in [3.63, 3.8) is 0 Å². The fraction of sp³-hybridized carbons (Fsp3) is 0.333. The number of rotatable bonds is 5. The van der Waals surface area contributed by atoms with Crippen LogP contribution in [0.5, 0.6) is 0 Å². The van der Waals surface area contributed by atoms with Crippen LogP contribution in [0.25, 0.3) is 0 Å². The van der Waals surface area contributed by atoms with Gasteiger partial charge in [0, 0.05) is 17.1 Å². The molecule has 1 aromatic heterocycles. The molecule has 2 N–H and O–H groups in total. The van der Waals surface area contributed by atoms with Gasteiger partial charge >= 0.3 is 0 Å². The smallest absolute Gasteiger partial charge is 0.145 e. The Morgan fingerprint density at radius 3 is 2.72 bits per heavy atom. The molecule has 2 rings (SSSR count). The Balaban J connectivity index is 2.11. The summed E-state index contributed by atoms with van der Waals surface area (Å²) in [6.07, 6.45) is 2.68. The van der Waals surface area contributed by atoms with Crippen LogP contribution < -0.4 is 5.73 Å². The van der Waals surface area contributed by atoms with Gasteiger partial charge in [-0.3, -0.25) is 4.21 Å². The molecule has 5 nitrogen and oxygen atoms in total. The first-order valence-electron chi connectivity index (χ1n) is 5.81. The summed E-state index contributed by atoms with van der Waals surface area (Å²) in [7, 11) is -1.11. The molecule has 6 heteroatoms. The molecule has 0 bridgehead atoms. The van der Waals surface area contributed by atoms with E-state index in [0.717, 1.165) is 23.7 Å². The molecular formula is C12H16N4OS. The molecule has 0 aliphatic carbocycles. The number of hydrogen-bond donors (Lipinski definition) is 1. The quantitative estimate of drug-likeness (QED) is 0.832. The minimum Gasteiger partial charge on any atom is -0.399 e. The molecule has 0 saturated heterocycles. The number of nitrogens with zero attached hydrogens (tertiary/aromatic N) is 3. The van der Waals surface area contributed by atoms with Crippen molar-refractivity contribution in [1.29, 1.82) is 0 Å². The van der Waals surface area contributed by atoms with Crippen LogP contribution in [0.2, 0.25) is 0 Å². The van der Waals surface area contributed by atoms with Gasteiger partial charge in [-0.15, -0.1) is 10.2 Å². The lowest BCUT2D eigenvalue weighted by atomic mass is 10.3. The summed E-state index contributed by atoms with van der Waals surface area (Å²) in [4.78, 5) is 0.759. The molecule has 18 heavy (non-hydrogen) atoms. The third-order valence-corrected chi connectivity index (χ3v) is 3.88. The molecule has 1 heterocycles. The van der Waals surface area contributed by atoms with E-state index in [0.29, 0.717) is 11.4 Å². The maximum Gasteiger partial charge on any atom is 0.145 e. The lowest BCUT2D eigenvalue weighted by Crippen LogP contribution is -2.06. The molecule has 0 aliphatic rings. The molecule has 1 atom stereocenters. The first-order chi connectivity index (χ1) is 8.70. The highest BCUT2D eigenvalue weighted by Crippen LogP contribution is 2.13. The largest absolute Gasteiger partial charge is 0.399 e. The maximum atomic E-state index is 12.2. The number of hydrogen-bond acceptors (Lipinski definition) is 4. The van der Waals surface area contributed by atoms with Crippen molar-refractivity contribution in [2.24, 2.45) is 0 Å². The average molecular weight is 264 g/mol. The first-order valence-corrected chi connectivity index (χ1v) is 7.13. The second kappa shape index (κ2) is 5.77. The molecule has 0 fully saturated rings. The van der Waals surface area contributed by atoms with Crippen molar-refractivity contribution >= 4 is 16.5 Å². The minimum absolute atomic E-state index is 0.379. The molecular weight excluding hydrogens is 248 g/mol. The molecule has 96 valence electrons. The van der Waals surface area contributed by atoms with Crippen molar-refractivity contribution < 1.29 is 4.21 Å². The summed E-state index contributed by atoms with van der Waals surface area (Å²) in [5.41, 5.74) is 6.27. The minimum atomic E-state index is -1.11. The predicted molar refractivity (Wildman–Crippen MR) is 71.3 cm³/mol. The Morgan fingerprint density at radius 2 is 2.06 bits per heavy atom. The molecule has 0 radical (unpaired) electrons. The van der Waals surface area contributed by atoms with Crippen molar-refractivity contribution in [3.8, 4) is 0 Å². The van der Waals surface area contributed by atoms with Gasteiger partial charge in [0.05, 0.1) is 16.6 Å². The summed E-state index contributed by atoms with van der Waals surface area (Å²) in [5.74, 6) is 1.14. The van der Waals surface area contributed by atoms with Crippen LogP contribution in [0, 0.1) is 0 Å². The Bertz CT molecular complexity index is 535. The highest BCUT2D eigenvalue weighted by molar-refractivity contribution is 7.84. The number of aryl methyl sites for hydroxylation is 1. The normalized spacial score (nSPS) is 12.5. The van der Waals surface area contributed by atoms with Crippen LogP contribution in [0.15, 0.2) is 35.5 Å². The summed E-state index contributed by atoms with van der Waals surface area (Å²) in [6, 6.07) is 7.08. The standard InChI is InChI=1S/C12H16N4OS/c1-2-7-16-9-14-15-12(16)8-18(17)11-5-3-10(13)4-6-11/h3-6,9H,2,7-8,13H2,1H3. The lowest BCUT2D eigenvalue weighted by Gasteiger charge is -2.05. The third-order valence-electron chi connectivity index (χ3n) is 2.56. The second-order valence-corrected chi connectivity index (χ2v) is 5.45. The van der Waals surface area contributed by atoms with Gasteiger partial charge < -0.3 is 10.3 Å². The van der Waals surface area contributed by atoms with E-state index in [1.807, 2.05) is 4.57 Å². The number of anilines is 1. The van der Waals surface area contributed by atoms with Gasteiger partial charge in [0.1, 0.15) is 12.2 Å². The monoisotopic (exact) mass is 264 g/mol. The van der Waals surface area contributed by atoms with E-state index in [4.69, 9.17) is 5.73 Å². The number of benzene rings is 1. The fourth-order valence-electron chi connectivity index (χ4n) is 1.64. The van der Waals surface area contributed by atoms with Crippen LogP contribution >= 0.6 is 0 Å². The van der Waals surface area contributed by atoms with Crippen molar-refractivity contribution in [2.45, 2.75) is 30.5 Å². The van der Waals surface area contributed by atoms with Gasteiger partial charge in [-0.05, 0) is 30.7 Å². The number of nitrogens with two attached hydrogens (primary N) is 1. The average Bonchev–Trinajstić information content (AvgIpc) is 2.78. The SMILES string of the molecule is CCCn1cnnc1CS(=O)c1ccc(N)cc1. The zero-order valence-electron chi connectivity index (χ0n) is 10.2. The number of aromatic nitrogens is 3. The molecule has 0 amide bonds. The van der Waals surface area contributed by atoms with Crippen LogP contribution in [0.4, 0.5) is 5.69 Å². The number of nitrogen functional groups attached to an aromatic ring is 1. The van der Waals surface area contributed by atoms with E-state index in [2.05, 4.69) is 17.1 Å². The maximum absolute atomic E-state index is 12.2. The van der Waals surface area contributed by atoms with Gasteiger partial charge in [0.2, 0.25) is 0 Å². The highest BCUT2D eigenvalue weighted by atomic mass is 32.2. The second-order valence-electron chi connectivity index (χ2n) is 4.00. The lowest BCUT2D eigenvalue weighted by molar-refractivity contribution is 0.646. The van der Waals surface area contributed by atoms with Crippen LogP contribution in [0.3, 0.4) is 0 Å². The van der Waals surface area contributed by atoms with E-state index in [1.165, 1.54) is 0 Å². The van der Waals surface area contributed by atoms with Gasteiger partial charge in [0.15, 0.2) is 0 Å². The van der Waals surface area contributed by atoms with Gasteiger partial charge in [-0.1, -0.05) is 6.92 Å². The molecule has 0 spiro atoms. The zero-order chi connectivity index (χ0) is 13.0. The van der Waals surface area contributed by atoms with Gasteiger partial charge in [-0.25, -0.2) is 0 Å². The van der Waals surface area contributed by atoms with Crippen LogP contribution in [0.1, 0.15) is 19.2 Å². The molecule has 1 unspecified atom stereocenters. The van der Waals surface area contributed by atoms with Crippen LogP contribution in [-0.2, 0) is 23.1 Å². The Kier molecular flexibility index (Phi) is 4.09.